The zero-order valence-corrected chi connectivity index (χ0v) is 10.3. The molecule has 0 saturated heterocycles. The van der Waals surface area contributed by atoms with E-state index in [0.29, 0.717) is 11.1 Å². The molecule has 0 unspecified atom stereocenters. The second kappa shape index (κ2) is 4.31. The number of rotatable bonds is 2. The maximum absolute atomic E-state index is 13.1. The lowest BCUT2D eigenvalue weighted by Crippen LogP contribution is -1.90. The molecule has 0 saturated carbocycles. The van der Waals surface area contributed by atoms with Crippen LogP contribution in [0.4, 0.5) is 4.39 Å². The minimum Gasteiger partial charge on any atom is -0.295 e. The van der Waals surface area contributed by atoms with Crippen LogP contribution in [0.25, 0.3) is 22.2 Å². The molecular weight excluding hydrogens is 243 g/mol. The molecule has 1 heterocycles. The van der Waals surface area contributed by atoms with Crippen molar-refractivity contribution in [1.29, 1.82) is 0 Å². The van der Waals surface area contributed by atoms with E-state index in [9.17, 15) is 9.18 Å². The molecular formula is C15H11FN2O. The Bertz CT molecular complexity index is 759. The summed E-state index contributed by atoms with van der Waals surface area (Å²) in [6.45, 7) is 1.53. The van der Waals surface area contributed by atoms with E-state index >= 15 is 0 Å². The molecule has 3 aromatic rings. The summed E-state index contributed by atoms with van der Waals surface area (Å²) in [5.41, 5.74) is 2.97. The first-order chi connectivity index (χ1) is 9.15. The Labute approximate surface area is 109 Å². The third-order valence-electron chi connectivity index (χ3n) is 3.09. The molecule has 0 aliphatic rings. The highest BCUT2D eigenvalue weighted by molar-refractivity contribution is 5.96. The predicted molar refractivity (Wildman–Crippen MR) is 71.5 cm³/mol. The van der Waals surface area contributed by atoms with Gasteiger partial charge in [0, 0.05) is 16.5 Å². The fourth-order valence-electron chi connectivity index (χ4n) is 2.07. The van der Waals surface area contributed by atoms with Crippen LogP contribution in [0.15, 0.2) is 42.5 Å². The third-order valence-corrected chi connectivity index (χ3v) is 3.09. The number of H-pyrrole nitrogens is 1. The van der Waals surface area contributed by atoms with Gasteiger partial charge in [-0.2, -0.15) is 5.10 Å². The summed E-state index contributed by atoms with van der Waals surface area (Å²) in [6, 6.07) is 11.7. The quantitative estimate of drug-likeness (QED) is 0.710. The van der Waals surface area contributed by atoms with Crippen molar-refractivity contribution in [3.63, 3.8) is 0 Å². The normalized spacial score (nSPS) is 10.8. The van der Waals surface area contributed by atoms with Crippen molar-refractivity contribution in [2.45, 2.75) is 6.92 Å². The van der Waals surface area contributed by atoms with Gasteiger partial charge in [-0.1, -0.05) is 24.3 Å². The molecule has 1 N–H and O–H groups in total. The number of hydrogen-bond acceptors (Lipinski definition) is 2. The maximum atomic E-state index is 13.1. The molecule has 0 atom stereocenters. The van der Waals surface area contributed by atoms with E-state index in [0.717, 1.165) is 16.6 Å². The summed E-state index contributed by atoms with van der Waals surface area (Å²) in [6.07, 6.45) is 0. The molecule has 0 bridgehead atoms. The van der Waals surface area contributed by atoms with Gasteiger partial charge in [0.15, 0.2) is 5.78 Å². The first-order valence-electron chi connectivity index (χ1n) is 5.90. The monoisotopic (exact) mass is 254 g/mol. The minimum absolute atomic E-state index is 0.0282. The summed E-state index contributed by atoms with van der Waals surface area (Å²) in [7, 11) is 0. The van der Waals surface area contributed by atoms with Crippen LogP contribution in [0, 0.1) is 5.82 Å². The molecule has 4 heteroatoms. The SMILES string of the molecule is CC(=O)c1ccc(-c2n[nH]c3cc(F)ccc23)cc1. The molecule has 3 nitrogen and oxygen atoms in total. The lowest BCUT2D eigenvalue weighted by molar-refractivity contribution is 0.101. The number of ketones is 1. The number of fused-ring (bicyclic) bond motifs is 1. The Morgan fingerprint density at radius 3 is 2.58 bits per heavy atom. The fraction of sp³-hybridized carbons (Fsp3) is 0.0667. The summed E-state index contributed by atoms with van der Waals surface area (Å²) in [5.74, 6) is -0.268. The number of halogens is 1. The van der Waals surface area contributed by atoms with E-state index in [1.54, 1.807) is 18.2 Å². The van der Waals surface area contributed by atoms with Gasteiger partial charge in [0.05, 0.1) is 11.2 Å². The van der Waals surface area contributed by atoms with Crippen LogP contribution in [-0.2, 0) is 0 Å². The van der Waals surface area contributed by atoms with Gasteiger partial charge >= 0.3 is 0 Å². The molecule has 94 valence electrons. The number of nitrogens with zero attached hydrogens (tertiary/aromatic N) is 1. The smallest absolute Gasteiger partial charge is 0.159 e. The van der Waals surface area contributed by atoms with Gasteiger partial charge in [-0.05, 0) is 25.1 Å². The van der Waals surface area contributed by atoms with Gasteiger partial charge in [-0.3, -0.25) is 9.89 Å². The third kappa shape index (κ3) is 2.01. The molecule has 0 spiro atoms. The van der Waals surface area contributed by atoms with Crippen LogP contribution in [0.1, 0.15) is 17.3 Å². The average molecular weight is 254 g/mol. The molecule has 19 heavy (non-hydrogen) atoms. The molecule has 2 aromatic carbocycles. The van der Waals surface area contributed by atoms with E-state index in [1.807, 2.05) is 12.1 Å². The maximum Gasteiger partial charge on any atom is 0.159 e. The lowest BCUT2D eigenvalue weighted by atomic mass is 10.0. The topological polar surface area (TPSA) is 45.8 Å². The van der Waals surface area contributed by atoms with E-state index in [4.69, 9.17) is 0 Å². The van der Waals surface area contributed by atoms with Crippen molar-refractivity contribution in [2.24, 2.45) is 0 Å². The van der Waals surface area contributed by atoms with Crippen LogP contribution >= 0.6 is 0 Å². The second-order valence-electron chi connectivity index (χ2n) is 4.40. The number of hydrogen-bond donors (Lipinski definition) is 1. The van der Waals surface area contributed by atoms with E-state index in [2.05, 4.69) is 10.2 Å². The van der Waals surface area contributed by atoms with Gasteiger partial charge in [0.2, 0.25) is 0 Å². The van der Waals surface area contributed by atoms with Crippen LogP contribution < -0.4 is 0 Å². The predicted octanol–water partition coefficient (Wildman–Crippen LogP) is 3.57. The zero-order chi connectivity index (χ0) is 13.4. The van der Waals surface area contributed by atoms with Gasteiger partial charge < -0.3 is 0 Å². The number of Topliss-reactive ketones (excluding diaryl/α,β-unsaturated/α-hetero) is 1. The molecule has 3 rings (SSSR count). The Balaban J connectivity index is 2.11. The van der Waals surface area contributed by atoms with Crippen LogP contribution in [0.5, 0.6) is 0 Å². The van der Waals surface area contributed by atoms with Crippen LogP contribution in [-0.4, -0.2) is 16.0 Å². The number of aromatic amines is 1. The second-order valence-corrected chi connectivity index (χ2v) is 4.40. The molecule has 0 fully saturated rings. The van der Waals surface area contributed by atoms with Crippen LogP contribution in [0.2, 0.25) is 0 Å². The van der Waals surface area contributed by atoms with Crippen molar-refractivity contribution >= 4 is 16.7 Å². The fourth-order valence-corrected chi connectivity index (χ4v) is 2.07. The Morgan fingerprint density at radius 1 is 1.16 bits per heavy atom. The summed E-state index contributed by atoms with van der Waals surface area (Å²) < 4.78 is 13.1. The number of benzene rings is 2. The van der Waals surface area contributed by atoms with Crippen LogP contribution in [0.3, 0.4) is 0 Å². The van der Waals surface area contributed by atoms with Crippen molar-refractivity contribution in [3.05, 3.63) is 53.8 Å². The van der Waals surface area contributed by atoms with Gasteiger partial charge in [-0.25, -0.2) is 4.39 Å². The van der Waals surface area contributed by atoms with Crippen molar-refractivity contribution in [1.82, 2.24) is 10.2 Å². The minimum atomic E-state index is -0.297. The van der Waals surface area contributed by atoms with Gasteiger partial charge in [0.1, 0.15) is 5.82 Å². The van der Waals surface area contributed by atoms with E-state index in [-0.39, 0.29) is 11.6 Å². The zero-order valence-electron chi connectivity index (χ0n) is 10.3. The number of carbonyl (C=O) groups excluding carboxylic acids is 1. The van der Waals surface area contributed by atoms with E-state index in [1.165, 1.54) is 19.1 Å². The Kier molecular flexibility index (Phi) is 2.63. The molecule has 0 aliphatic carbocycles. The first kappa shape index (κ1) is 11.6. The molecule has 0 amide bonds. The molecule has 0 aliphatic heterocycles. The summed E-state index contributed by atoms with van der Waals surface area (Å²) in [4.78, 5) is 11.2. The molecule has 0 radical (unpaired) electrons. The number of nitrogens with one attached hydrogen (secondary N) is 1. The highest BCUT2D eigenvalue weighted by Crippen LogP contribution is 2.26. The lowest BCUT2D eigenvalue weighted by Gasteiger charge is -2.00. The number of carbonyl (C=O) groups is 1. The summed E-state index contributed by atoms with van der Waals surface area (Å²) in [5, 5.41) is 7.87. The standard InChI is InChI=1S/C15H11FN2O/c1-9(19)10-2-4-11(5-3-10)15-13-7-6-12(16)8-14(13)17-18-15/h2-8H,1H3,(H,17,18). The van der Waals surface area contributed by atoms with Crippen molar-refractivity contribution < 1.29 is 9.18 Å². The largest absolute Gasteiger partial charge is 0.295 e. The van der Waals surface area contributed by atoms with Crippen molar-refractivity contribution in [2.75, 3.05) is 0 Å². The molecule has 1 aromatic heterocycles. The Hall–Kier alpha value is -2.49. The Morgan fingerprint density at radius 2 is 1.89 bits per heavy atom. The number of aromatic nitrogens is 2. The average Bonchev–Trinajstić information content (AvgIpc) is 2.81. The first-order valence-corrected chi connectivity index (χ1v) is 5.90. The van der Waals surface area contributed by atoms with E-state index < -0.39 is 0 Å². The highest BCUT2D eigenvalue weighted by Gasteiger charge is 2.09. The van der Waals surface area contributed by atoms with Crippen molar-refractivity contribution in [3.8, 4) is 11.3 Å². The van der Waals surface area contributed by atoms with Gasteiger partial charge in [0.25, 0.3) is 0 Å². The highest BCUT2D eigenvalue weighted by atomic mass is 19.1. The van der Waals surface area contributed by atoms with Gasteiger partial charge in [-0.15, -0.1) is 0 Å². The summed E-state index contributed by atoms with van der Waals surface area (Å²) >= 11 is 0.